The van der Waals surface area contributed by atoms with E-state index in [0.717, 1.165) is 6.42 Å². The van der Waals surface area contributed by atoms with Crippen molar-refractivity contribution in [1.82, 2.24) is 0 Å². The van der Waals surface area contributed by atoms with Crippen molar-refractivity contribution in [2.24, 2.45) is 0 Å². The molecule has 1 nitrogen and oxygen atoms in total. The second-order valence-electron chi connectivity index (χ2n) is 3.68. The molecule has 0 spiro atoms. The minimum atomic E-state index is 0.544. The number of hydrogen-bond acceptors (Lipinski definition) is 1. The summed E-state index contributed by atoms with van der Waals surface area (Å²) >= 11 is 0. The van der Waals surface area contributed by atoms with E-state index < -0.39 is 0 Å². The van der Waals surface area contributed by atoms with Gasteiger partial charge >= 0.3 is 0 Å². The molecule has 0 bridgehead atoms. The molecule has 0 saturated carbocycles. The van der Waals surface area contributed by atoms with Gasteiger partial charge in [0.1, 0.15) is 6.61 Å². The largest absolute Gasteiger partial charge is 0.365 e. The zero-order chi connectivity index (χ0) is 11.2. The second-order valence-corrected chi connectivity index (χ2v) is 3.68. The quantitative estimate of drug-likeness (QED) is 0.317. The fourth-order valence-electron chi connectivity index (χ4n) is 1.33. The fraction of sp³-hybridized carbons (Fsp3) is 0.714. The maximum atomic E-state index is 5.15. The number of ether oxygens (including phenoxy) is 1. The van der Waals surface area contributed by atoms with E-state index in [4.69, 9.17) is 4.74 Å². The van der Waals surface area contributed by atoms with E-state index in [2.05, 4.69) is 25.3 Å². The Hall–Kier alpha value is -0.740. The van der Waals surface area contributed by atoms with Crippen molar-refractivity contribution < 1.29 is 4.74 Å². The molecule has 0 aliphatic carbocycles. The SMILES string of the molecule is C=CCOCC#CCCCCCCCC. The van der Waals surface area contributed by atoms with Gasteiger partial charge in [-0.05, 0) is 6.42 Å². The summed E-state index contributed by atoms with van der Waals surface area (Å²) in [5.74, 6) is 6.13. The van der Waals surface area contributed by atoms with Gasteiger partial charge < -0.3 is 4.74 Å². The maximum absolute atomic E-state index is 5.15. The standard InChI is InChI=1S/C14H24O/c1-3-5-6-7-8-9-10-11-12-14-15-13-4-2/h4H,2-3,5-10,13-14H2,1H3. The van der Waals surface area contributed by atoms with Crippen LogP contribution in [0.4, 0.5) is 0 Å². The van der Waals surface area contributed by atoms with Crippen LogP contribution >= 0.6 is 0 Å². The molecular weight excluding hydrogens is 184 g/mol. The molecule has 0 aliphatic rings. The molecule has 0 N–H and O–H groups in total. The Morgan fingerprint density at radius 3 is 2.53 bits per heavy atom. The van der Waals surface area contributed by atoms with E-state index in [1.54, 1.807) is 6.08 Å². The molecule has 0 heterocycles. The molecule has 0 unspecified atom stereocenters. The van der Waals surface area contributed by atoms with E-state index in [-0.39, 0.29) is 0 Å². The van der Waals surface area contributed by atoms with E-state index in [0.29, 0.717) is 13.2 Å². The highest BCUT2D eigenvalue weighted by molar-refractivity contribution is 4.98. The molecule has 0 rings (SSSR count). The van der Waals surface area contributed by atoms with Crippen LogP contribution < -0.4 is 0 Å². The highest BCUT2D eigenvalue weighted by atomic mass is 16.5. The van der Waals surface area contributed by atoms with E-state index in [1.165, 1.54) is 38.5 Å². The van der Waals surface area contributed by atoms with Crippen molar-refractivity contribution in [3.05, 3.63) is 12.7 Å². The van der Waals surface area contributed by atoms with E-state index in [1.807, 2.05) is 0 Å². The van der Waals surface area contributed by atoms with Crippen LogP contribution in [0.15, 0.2) is 12.7 Å². The number of unbranched alkanes of at least 4 members (excludes halogenated alkanes) is 6. The van der Waals surface area contributed by atoms with Crippen LogP contribution in [-0.4, -0.2) is 13.2 Å². The monoisotopic (exact) mass is 208 g/mol. The van der Waals surface area contributed by atoms with Crippen LogP contribution in [0.2, 0.25) is 0 Å². The minimum Gasteiger partial charge on any atom is -0.365 e. The molecule has 0 amide bonds. The third-order valence-electron chi connectivity index (χ3n) is 2.19. The van der Waals surface area contributed by atoms with Gasteiger partial charge in [0.05, 0.1) is 6.61 Å². The number of rotatable bonds is 9. The molecule has 0 aromatic rings. The van der Waals surface area contributed by atoms with Crippen LogP contribution in [0.5, 0.6) is 0 Å². The van der Waals surface area contributed by atoms with Gasteiger partial charge in [-0.15, -0.1) is 12.5 Å². The van der Waals surface area contributed by atoms with Crippen molar-refractivity contribution in [1.29, 1.82) is 0 Å². The minimum absolute atomic E-state index is 0.544. The summed E-state index contributed by atoms with van der Waals surface area (Å²) < 4.78 is 5.15. The summed E-state index contributed by atoms with van der Waals surface area (Å²) in [7, 11) is 0. The van der Waals surface area contributed by atoms with Crippen molar-refractivity contribution in [2.45, 2.75) is 51.9 Å². The lowest BCUT2D eigenvalue weighted by Gasteiger charge is -1.96. The van der Waals surface area contributed by atoms with Crippen molar-refractivity contribution >= 4 is 0 Å². The Morgan fingerprint density at radius 1 is 1.07 bits per heavy atom. The van der Waals surface area contributed by atoms with Crippen LogP contribution in [-0.2, 0) is 4.74 Å². The first-order valence-corrected chi connectivity index (χ1v) is 6.06. The van der Waals surface area contributed by atoms with Gasteiger partial charge in [0.2, 0.25) is 0 Å². The predicted molar refractivity (Wildman–Crippen MR) is 66.8 cm³/mol. The highest BCUT2D eigenvalue weighted by Crippen LogP contribution is 2.05. The highest BCUT2D eigenvalue weighted by Gasteiger charge is 1.87. The zero-order valence-corrected chi connectivity index (χ0v) is 10.1. The van der Waals surface area contributed by atoms with Gasteiger partial charge in [0, 0.05) is 6.42 Å². The molecule has 0 aromatic heterocycles. The molecular formula is C14H24O. The topological polar surface area (TPSA) is 9.23 Å². The summed E-state index contributed by atoms with van der Waals surface area (Å²) in [4.78, 5) is 0. The average Bonchev–Trinajstić information content (AvgIpc) is 2.26. The maximum Gasteiger partial charge on any atom is 0.108 e. The molecule has 0 radical (unpaired) electrons. The van der Waals surface area contributed by atoms with E-state index >= 15 is 0 Å². The molecule has 15 heavy (non-hydrogen) atoms. The summed E-state index contributed by atoms with van der Waals surface area (Å²) in [5, 5.41) is 0. The number of hydrogen-bond donors (Lipinski definition) is 0. The Bertz CT molecular complexity index is 185. The summed E-state index contributed by atoms with van der Waals surface area (Å²) in [6.45, 7) is 6.96. The lowest BCUT2D eigenvalue weighted by molar-refractivity contribution is 0.199. The van der Waals surface area contributed by atoms with Crippen LogP contribution in [0.25, 0.3) is 0 Å². The first-order chi connectivity index (χ1) is 7.41. The molecule has 0 aromatic carbocycles. The Balaban J connectivity index is 3.05. The smallest absolute Gasteiger partial charge is 0.108 e. The van der Waals surface area contributed by atoms with E-state index in [9.17, 15) is 0 Å². The molecule has 0 aliphatic heterocycles. The predicted octanol–water partition coefficient (Wildman–Crippen LogP) is 3.94. The van der Waals surface area contributed by atoms with Gasteiger partial charge in [-0.1, -0.05) is 51.0 Å². The van der Waals surface area contributed by atoms with Crippen LogP contribution in [0.1, 0.15) is 51.9 Å². The first-order valence-electron chi connectivity index (χ1n) is 6.06. The van der Waals surface area contributed by atoms with Crippen LogP contribution in [0, 0.1) is 11.8 Å². The third kappa shape index (κ3) is 13.3. The third-order valence-corrected chi connectivity index (χ3v) is 2.19. The van der Waals surface area contributed by atoms with Gasteiger partial charge in [-0.3, -0.25) is 0 Å². The van der Waals surface area contributed by atoms with Gasteiger partial charge in [0.15, 0.2) is 0 Å². The Labute approximate surface area is 94.9 Å². The molecule has 0 atom stereocenters. The van der Waals surface area contributed by atoms with Crippen molar-refractivity contribution in [3.8, 4) is 11.8 Å². The second kappa shape index (κ2) is 13.3. The molecule has 0 fully saturated rings. The lowest BCUT2D eigenvalue weighted by Crippen LogP contribution is -1.89. The lowest BCUT2D eigenvalue weighted by atomic mass is 10.1. The van der Waals surface area contributed by atoms with Crippen LogP contribution in [0.3, 0.4) is 0 Å². The Kier molecular flexibility index (Phi) is 12.6. The normalized spacial score (nSPS) is 9.40. The Morgan fingerprint density at radius 2 is 1.80 bits per heavy atom. The fourth-order valence-corrected chi connectivity index (χ4v) is 1.33. The first kappa shape index (κ1) is 14.3. The van der Waals surface area contributed by atoms with Gasteiger partial charge in [-0.2, -0.15) is 0 Å². The van der Waals surface area contributed by atoms with Crippen molar-refractivity contribution in [2.75, 3.05) is 13.2 Å². The zero-order valence-electron chi connectivity index (χ0n) is 10.1. The van der Waals surface area contributed by atoms with Crippen molar-refractivity contribution in [3.63, 3.8) is 0 Å². The molecule has 0 saturated heterocycles. The summed E-state index contributed by atoms with van der Waals surface area (Å²) in [6, 6.07) is 0. The summed E-state index contributed by atoms with van der Waals surface area (Å²) in [6.07, 6.45) is 10.8. The van der Waals surface area contributed by atoms with Gasteiger partial charge in [-0.25, -0.2) is 0 Å². The molecule has 1 heteroatoms. The molecule has 86 valence electrons. The summed E-state index contributed by atoms with van der Waals surface area (Å²) in [5.41, 5.74) is 0. The van der Waals surface area contributed by atoms with Gasteiger partial charge in [0.25, 0.3) is 0 Å². The average molecular weight is 208 g/mol.